The summed E-state index contributed by atoms with van der Waals surface area (Å²) in [4.78, 5) is 34.2. The maximum Gasteiger partial charge on any atom is 0.354 e. The minimum Gasteiger partial charge on any atom is -0.497 e. The number of ether oxygens (including phenoxy) is 3. The van der Waals surface area contributed by atoms with Gasteiger partial charge in [0.1, 0.15) is 17.2 Å². The van der Waals surface area contributed by atoms with Crippen LogP contribution in [-0.4, -0.2) is 31.0 Å². The summed E-state index contributed by atoms with van der Waals surface area (Å²) in [5.41, 5.74) is -0.128. The lowest BCUT2D eigenvalue weighted by atomic mass is 10.1. The van der Waals surface area contributed by atoms with E-state index in [0.29, 0.717) is 20.6 Å². The third-order valence-corrected chi connectivity index (χ3v) is 4.35. The van der Waals surface area contributed by atoms with Gasteiger partial charge in [-0.15, -0.1) is 0 Å². The molecule has 0 aromatic heterocycles. The second kappa shape index (κ2) is 9.87. The number of methoxy groups -OCH3 is 2. The van der Waals surface area contributed by atoms with Crippen molar-refractivity contribution in [2.75, 3.05) is 14.2 Å². The number of carbonyl (C=O) groups is 2. The highest BCUT2D eigenvalue weighted by Crippen LogP contribution is 2.37. The molecule has 0 bridgehead atoms. The summed E-state index contributed by atoms with van der Waals surface area (Å²) in [5, 5.41) is 13.9. The molecule has 0 aliphatic rings. The van der Waals surface area contributed by atoms with E-state index in [1.807, 2.05) is 22.6 Å². The predicted molar refractivity (Wildman–Crippen MR) is 113 cm³/mol. The Morgan fingerprint density at radius 1 is 1.14 bits per heavy atom. The molecule has 0 fully saturated rings. The predicted octanol–water partition coefficient (Wildman–Crippen LogP) is 3.65. The minimum absolute atomic E-state index is 0.0528. The average Bonchev–Trinajstić information content (AvgIpc) is 2.68. The molecular formula is C19H17IN2O7. The van der Waals surface area contributed by atoms with E-state index in [2.05, 4.69) is 10.1 Å². The Balaban J connectivity index is 2.47. The number of carbonyl (C=O) groups excluding carboxylic acids is 2. The van der Waals surface area contributed by atoms with Crippen molar-refractivity contribution in [3.05, 3.63) is 61.3 Å². The van der Waals surface area contributed by atoms with Crippen LogP contribution in [0, 0.1) is 13.7 Å². The summed E-state index contributed by atoms with van der Waals surface area (Å²) in [5.74, 6) is -0.197. The maximum atomic E-state index is 11.8. The van der Waals surface area contributed by atoms with Gasteiger partial charge in [0.15, 0.2) is 0 Å². The monoisotopic (exact) mass is 512 g/mol. The normalized spacial score (nSPS) is 10.8. The zero-order valence-electron chi connectivity index (χ0n) is 15.7. The molecule has 0 radical (unpaired) electrons. The molecule has 2 aromatic carbocycles. The molecule has 152 valence electrons. The van der Waals surface area contributed by atoms with Crippen LogP contribution in [-0.2, 0) is 14.3 Å². The lowest BCUT2D eigenvalue weighted by molar-refractivity contribution is -0.385. The Bertz CT molecular complexity index is 971. The molecule has 0 heterocycles. The number of nitrogens with zero attached hydrogens (tertiary/aromatic N) is 1. The molecule has 0 unspecified atom stereocenters. The topological polar surface area (TPSA) is 117 Å². The van der Waals surface area contributed by atoms with Gasteiger partial charge in [-0.25, -0.2) is 4.79 Å². The lowest BCUT2D eigenvalue weighted by Gasteiger charge is -2.11. The minimum atomic E-state index is -0.781. The van der Waals surface area contributed by atoms with Crippen molar-refractivity contribution in [3.8, 4) is 17.2 Å². The number of rotatable bonds is 7. The number of amides is 1. The van der Waals surface area contributed by atoms with E-state index in [-0.39, 0.29) is 17.1 Å². The zero-order valence-corrected chi connectivity index (χ0v) is 17.9. The number of nitrogens with one attached hydrogen (secondary N) is 1. The summed E-state index contributed by atoms with van der Waals surface area (Å²) in [7, 11) is 2.69. The van der Waals surface area contributed by atoms with E-state index in [9.17, 15) is 19.7 Å². The molecule has 0 spiro atoms. The molecule has 0 saturated carbocycles. The number of halogens is 1. The largest absolute Gasteiger partial charge is 0.497 e. The summed E-state index contributed by atoms with van der Waals surface area (Å²) < 4.78 is 15.8. The van der Waals surface area contributed by atoms with Gasteiger partial charge in [0.25, 0.3) is 0 Å². The van der Waals surface area contributed by atoms with Gasteiger partial charge in [0.2, 0.25) is 11.7 Å². The number of hydrogen-bond donors (Lipinski definition) is 1. The van der Waals surface area contributed by atoms with Gasteiger partial charge in [-0.3, -0.25) is 14.9 Å². The molecule has 29 heavy (non-hydrogen) atoms. The van der Waals surface area contributed by atoms with Crippen LogP contribution in [0.25, 0.3) is 6.08 Å². The van der Waals surface area contributed by atoms with Gasteiger partial charge in [-0.2, -0.15) is 0 Å². The SMILES string of the molecule is COC(=O)/C(=C\c1cc(I)c(Oc2ccc(OC)cc2)c([N+](=O)[O-])c1)NC(C)=O. The molecule has 2 rings (SSSR count). The highest BCUT2D eigenvalue weighted by atomic mass is 127. The van der Waals surface area contributed by atoms with E-state index in [1.54, 1.807) is 30.3 Å². The Kier molecular flexibility index (Phi) is 7.53. The molecule has 0 aliphatic carbocycles. The van der Waals surface area contributed by atoms with Gasteiger partial charge in [0, 0.05) is 13.0 Å². The van der Waals surface area contributed by atoms with Crippen LogP contribution in [0.1, 0.15) is 12.5 Å². The Labute approximate surface area is 179 Å². The Hall–Kier alpha value is -3.15. The van der Waals surface area contributed by atoms with E-state index in [4.69, 9.17) is 9.47 Å². The van der Waals surface area contributed by atoms with Crippen LogP contribution in [0.5, 0.6) is 17.2 Å². The van der Waals surface area contributed by atoms with E-state index in [0.717, 1.165) is 7.11 Å². The quantitative estimate of drug-likeness (QED) is 0.198. The molecule has 1 amide bonds. The average molecular weight is 512 g/mol. The van der Waals surface area contributed by atoms with E-state index in [1.165, 1.54) is 26.2 Å². The third kappa shape index (κ3) is 5.91. The van der Waals surface area contributed by atoms with Gasteiger partial charge in [-0.05, 0) is 64.6 Å². The van der Waals surface area contributed by atoms with Crippen molar-refractivity contribution >= 4 is 46.2 Å². The van der Waals surface area contributed by atoms with Crippen molar-refractivity contribution in [1.82, 2.24) is 5.32 Å². The van der Waals surface area contributed by atoms with Crippen LogP contribution in [0.15, 0.2) is 42.1 Å². The van der Waals surface area contributed by atoms with E-state index < -0.39 is 16.8 Å². The Morgan fingerprint density at radius 2 is 1.76 bits per heavy atom. The molecule has 0 atom stereocenters. The van der Waals surface area contributed by atoms with Crippen LogP contribution >= 0.6 is 22.6 Å². The summed E-state index contributed by atoms with van der Waals surface area (Å²) in [6, 6.07) is 9.41. The van der Waals surface area contributed by atoms with Crippen molar-refractivity contribution in [2.45, 2.75) is 6.92 Å². The first-order chi connectivity index (χ1) is 13.7. The van der Waals surface area contributed by atoms with Gasteiger partial charge in [-0.1, -0.05) is 0 Å². The number of benzene rings is 2. The second-order valence-corrected chi connectivity index (χ2v) is 6.78. The fraction of sp³-hybridized carbons (Fsp3) is 0.158. The van der Waals surface area contributed by atoms with E-state index >= 15 is 0 Å². The molecule has 9 nitrogen and oxygen atoms in total. The number of hydrogen-bond acceptors (Lipinski definition) is 7. The molecule has 1 N–H and O–H groups in total. The number of nitro benzene ring substituents is 1. The van der Waals surface area contributed by atoms with Crippen LogP contribution in [0.3, 0.4) is 0 Å². The third-order valence-electron chi connectivity index (χ3n) is 3.55. The Morgan fingerprint density at radius 3 is 2.28 bits per heavy atom. The summed E-state index contributed by atoms with van der Waals surface area (Å²) >= 11 is 1.90. The van der Waals surface area contributed by atoms with Crippen LogP contribution < -0.4 is 14.8 Å². The van der Waals surface area contributed by atoms with Crippen molar-refractivity contribution in [3.63, 3.8) is 0 Å². The fourth-order valence-corrected chi connectivity index (χ4v) is 3.04. The van der Waals surface area contributed by atoms with Crippen molar-refractivity contribution in [2.24, 2.45) is 0 Å². The first-order valence-electron chi connectivity index (χ1n) is 8.12. The molecule has 0 saturated heterocycles. The smallest absolute Gasteiger partial charge is 0.354 e. The fourth-order valence-electron chi connectivity index (χ4n) is 2.29. The lowest BCUT2D eigenvalue weighted by Crippen LogP contribution is -2.25. The molecule has 2 aromatic rings. The van der Waals surface area contributed by atoms with Gasteiger partial charge < -0.3 is 19.5 Å². The first-order valence-corrected chi connectivity index (χ1v) is 9.20. The molecular weight excluding hydrogens is 495 g/mol. The second-order valence-electron chi connectivity index (χ2n) is 5.62. The van der Waals surface area contributed by atoms with Crippen molar-refractivity contribution < 1.29 is 28.7 Å². The molecule has 10 heteroatoms. The zero-order chi connectivity index (χ0) is 21.6. The van der Waals surface area contributed by atoms with Gasteiger partial charge in [0.05, 0.1) is 22.7 Å². The van der Waals surface area contributed by atoms with Crippen molar-refractivity contribution in [1.29, 1.82) is 0 Å². The number of nitro groups is 1. The van der Waals surface area contributed by atoms with Crippen LogP contribution in [0.4, 0.5) is 5.69 Å². The first kappa shape index (κ1) is 22.1. The number of esters is 1. The highest BCUT2D eigenvalue weighted by Gasteiger charge is 2.22. The standard InChI is InChI=1S/C19H17IN2O7/c1-11(23)21-16(19(24)28-3)9-12-8-15(20)18(17(10-12)22(25)26)29-14-6-4-13(27-2)5-7-14/h4-10H,1-3H3,(H,21,23)/b16-9+. The molecule has 0 aliphatic heterocycles. The maximum absolute atomic E-state index is 11.8. The van der Waals surface area contributed by atoms with Gasteiger partial charge >= 0.3 is 11.7 Å². The highest BCUT2D eigenvalue weighted by molar-refractivity contribution is 14.1. The van der Waals surface area contributed by atoms with Crippen LogP contribution in [0.2, 0.25) is 0 Å². The summed E-state index contributed by atoms with van der Waals surface area (Å²) in [6.07, 6.45) is 1.29. The summed E-state index contributed by atoms with van der Waals surface area (Å²) in [6.45, 7) is 1.23.